The van der Waals surface area contributed by atoms with Crippen LogP contribution in [0, 0.1) is 0 Å². The monoisotopic (exact) mass is 380 g/mol. The fourth-order valence-corrected chi connectivity index (χ4v) is 3.80. The van der Waals surface area contributed by atoms with Crippen LogP contribution in [0.2, 0.25) is 0 Å². The molecule has 0 aliphatic carbocycles. The summed E-state index contributed by atoms with van der Waals surface area (Å²) in [5.74, 6) is -2.51. The van der Waals surface area contributed by atoms with Crippen molar-refractivity contribution in [2.24, 2.45) is 0 Å². The maximum Gasteiger partial charge on any atom is 0.328 e. The van der Waals surface area contributed by atoms with Gasteiger partial charge in [0.15, 0.2) is 0 Å². The van der Waals surface area contributed by atoms with E-state index in [0.29, 0.717) is 18.2 Å². The van der Waals surface area contributed by atoms with Gasteiger partial charge in [0.05, 0.1) is 12.7 Å². The van der Waals surface area contributed by atoms with Gasteiger partial charge in [0.25, 0.3) is 0 Å². The van der Waals surface area contributed by atoms with Gasteiger partial charge >= 0.3 is 11.9 Å². The molecule has 1 unspecified atom stereocenters. The number of carboxylic acids is 2. The first kappa shape index (κ1) is 19.6. The van der Waals surface area contributed by atoms with Crippen LogP contribution in [-0.4, -0.2) is 47.3 Å². The molecule has 2 N–H and O–H groups in total. The van der Waals surface area contributed by atoms with E-state index in [1.807, 2.05) is 0 Å². The highest BCUT2D eigenvalue weighted by molar-refractivity contribution is 5.89. The predicted molar refractivity (Wildman–Crippen MR) is 107 cm³/mol. The summed E-state index contributed by atoms with van der Waals surface area (Å²) in [6.07, 6.45) is 3.38. The maximum absolute atomic E-state index is 9.55. The number of carbonyl (C=O) groups is 2. The number of rotatable bonds is 2. The predicted octanol–water partition coefficient (Wildman–Crippen LogP) is 3.14. The van der Waals surface area contributed by atoms with Gasteiger partial charge in [0.2, 0.25) is 0 Å². The van der Waals surface area contributed by atoms with Gasteiger partial charge < -0.3 is 15.1 Å². The summed E-state index contributed by atoms with van der Waals surface area (Å²) >= 11 is 0. The number of hydrogen-bond donors (Lipinski definition) is 2. The zero-order valence-electron chi connectivity index (χ0n) is 15.8. The summed E-state index contributed by atoms with van der Waals surface area (Å²) in [5, 5.41) is 15.6. The number of benzene rings is 2. The molecule has 2 aliphatic heterocycles. The highest BCUT2D eigenvalue weighted by atomic mass is 16.4. The number of nitrogens with zero attached hydrogens (tertiary/aromatic N) is 2. The van der Waals surface area contributed by atoms with E-state index in [-0.39, 0.29) is 0 Å². The third-order valence-corrected chi connectivity index (χ3v) is 5.02. The lowest BCUT2D eigenvalue weighted by Gasteiger charge is -2.42. The van der Waals surface area contributed by atoms with Gasteiger partial charge in [0, 0.05) is 24.4 Å². The van der Waals surface area contributed by atoms with Crippen molar-refractivity contribution in [3.8, 4) is 0 Å². The Morgan fingerprint density at radius 2 is 1.57 bits per heavy atom. The number of anilines is 1. The van der Waals surface area contributed by atoms with E-state index < -0.39 is 11.9 Å². The second kappa shape index (κ2) is 8.71. The number of fused-ring (bicyclic) bond motifs is 5. The first-order valence-electron chi connectivity index (χ1n) is 9.20. The summed E-state index contributed by atoms with van der Waals surface area (Å²) in [5.41, 5.74) is 5.90. The zero-order valence-corrected chi connectivity index (χ0v) is 15.8. The largest absolute Gasteiger partial charge is 0.478 e. The Labute approximate surface area is 164 Å². The van der Waals surface area contributed by atoms with Crippen molar-refractivity contribution in [1.29, 1.82) is 0 Å². The number of hydrogen-bond acceptors (Lipinski definition) is 4. The minimum atomic E-state index is -1.26. The molecule has 2 heterocycles. The molecule has 0 radical (unpaired) electrons. The molecule has 1 fully saturated rings. The lowest BCUT2D eigenvalue weighted by Crippen LogP contribution is -2.44. The normalized spacial score (nSPS) is 18.2. The Bertz CT molecular complexity index is 878. The Morgan fingerprint density at radius 3 is 2.25 bits per heavy atom. The van der Waals surface area contributed by atoms with Gasteiger partial charge in [-0.15, -0.1) is 0 Å². The average molecular weight is 380 g/mol. The first-order chi connectivity index (χ1) is 13.5. The molecule has 0 saturated carbocycles. The van der Waals surface area contributed by atoms with E-state index >= 15 is 0 Å². The SMILES string of the molecule is CN1CCC2c3ccccc3Cc3ccccc3N2C1.O=C(O)/C=C/C(=O)O. The van der Waals surface area contributed by atoms with Gasteiger partial charge in [-0.3, -0.25) is 4.90 Å². The molecule has 0 spiro atoms. The summed E-state index contributed by atoms with van der Waals surface area (Å²) in [4.78, 5) is 24.1. The van der Waals surface area contributed by atoms with Crippen molar-refractivity contribution in [2.75, 3.05) is 25.2 Å². The summed E-state index contributed by atoms with van der Waals surface area (Å²) in [6, 6.07) is 18.4. The quantitative estimate of drug-likeness (QED) is 0.779. The number of aliphatic carboxylic acids is 2. The molecule has 0 bridgehead atoms. The van der Waals surface area contributed by atoms with Gasteiger partial charge in [-0.25, -0.2) is 9.59 Å². The Morgan fingerprint density at radius 1 is 0.964 bits per heavy atom. The van der Waals surface area contributed by atoms with Crippen LogP contribution >= 0.6 is 0 Å². The molecule has 1 saturated heterocycles. The van der Waals surface area contributed by atoms with E-state index in [4.69, 9.17) is 10.2 Å². The molecule has 2 aromatic rings. The van der Waals surface area contributed by atoms with Gasteiger partial charge in [0.1, 0.15) is 0 Å². The van der Waals surface area contributed by atoms with Crippen molar-refractivity contribution in [3.05, 3.63) is 77.4 Å². The van der Waals surface area contributed by atoms with Crippen molar-refractivity contribution in [2.45, 2.75) is 18.9 Å². The molecule has 28 heavy (non-hydrogen) atoms. The topological polar surface area (TPSA) is 81.1 Å². The molecule has 1 atom stereocenters. The van der Waals surface area contributed by atoms with Crippen LogP contribution in [0.5, 0.6) is 0 Å². The molecular weight excluding hydrogens is 356 g/mol. The van der Waals surface area contributed by atoms with Gasteiger partial charge in [-0.1, -0.05) is 42.5 Å². The smallest absolute Gasteiger partial charge is 0.328 e. The van der Waals surface area contributed by atoms with Crippen molar-refractivity contribution < 1.29 is 19.8 Å². The van der Waals surface area contributed by atoms with E-state index in [2.05, 4.69) is 65.4 Å². The summed E-state index contributed by atoms with van der Waals surface area (Å²) in [6.45, 7) is 2.20. The Balaban J connectivity index is 0.000000242. The van der Waals surface area contributed by atoms with Crippen LogP contribution < -0.4 is 4.90 Å². The Kier molecular flexibility index (Phi) is 6.11. The minimum absolute atomic E-state index is 0.533. The lowest BCUT2D eigenvalue weighted by molar-refractivity contribution is -0.134. The molecule has 0 amide bonds. The van der Waals surface area contributed by atoms with Crippen LogP contribution in [0.25, 0.3) is 0 Å². The average Bonchev–Trinajstić information content (AvgIpc) is 2.81. The fraction of sp³-hybridized carbons (Fsp3) is 0.273. The number of para-hydroxylation sites is 1. The van der Waals surface area contributed by atoms with E-state index in [1.165, 1.54) is 35.3 Å². The second-order valence-electron chi connectivity index (χ2n) is 7.01. The summed E-state index contributed by atoms with van der Waals surface area (Å²) < 4.78 is 0. The van der Waals surface area contributed by atoms with Crippen molar-refractivity contribution >= 4 is 17.6 Å². The Hall–Kier alpha value is -3.12. The summed E-state index contributed by atoms with van der Waals surface area (Å²) in [7, 11) is 2.22. The van der Waals surface area contributed by atoms with Crippen LogP contribution in [0.3, 0.4) is 0 Å². The maximum atomic E-state index is 9.55. The highest BCUT2D eigenvalue weighted by Gasteiger charge is 2.31. The third kappa shape index (κ3) is 4.58. The molecule has 6 heteroatoms. The minimum Gasteiger partial charge on any atom is -0.478 e. The van der Waals surface area contributed by atoms with Crippen molar-refractivity contribution in [1.82, 2.24) is 4.90 Å². The van der Waals surface area contributed by atoms with E-state index in [0.717, 1.165) is 13.1 Å². The highest BCUT2D eigenvalue weighted by Crippen LogP contribution is 2.40. The molecule has 2 aliphatic rings. The van der Waals surface area contributed by atoms with Crippen LogP contribution in [0.4, 0.5) is 5.69 Å². The second-order valence-corrected chi connectivity index (χ2v) is 7.01. The van der Waals surface area contributed by atoms with Crippen molar-refractivity contribution in [3.63, 3.8) is 0 Å². The van der Waals surface area contributed by atoms with Gasteiger partial charge in [-0.05, 0) is 42.6 Å². The zero-order chi connectivity index (χ0) is 20.1. The number of carboxylic acid groups (broad SMARTS) is 2. The molecule has 2 aromatic carbocycles. The molecule has 6 nitrogen and oxygen atoms in total. The molecular formula is C22H24N2O4. The van der Waals surface area contributed by atoms with E-state index in [9.17, 15) is 9.59 Å². The van der Waals surface area contributed by atoms with Crippen LogP contribution in [0.15, 0.2) is 60.7 Å². The van der Waals surface area contributed by atoms with E-state index in [1.54, 1.807) is 0 Å². The lowest BCUT2D eigenvalue weighted by atomic mass is 9.95. The third-order valence-electron chi connectivity index (χ3n) is 5.02. The first-order valence-corrected chi connectivity index (χ1v) is 9.20. The van der Waals surface area contributed by atoms with Crippen LogP contribution in [0.1, 0.15) is 29.2 Å². The van der Waals surface area contributed by atoms with Gasteiger partial charge in [-0.2, -0.15) is 0 Å². The molecule has 0 aromatic heterocycles. The molecule has 4 rings (SSSR count). The fourth-order valence-electron chi connectivity index (χ4n) is 3.80. The molecule has 146 valence electrons. The van der Waals surface area contributed by atoms with Crippen LogP contribution in [-0.2, 0) is 16.0 Å². The standard InChI is InChI=1S/C18H20N2.C4H4O4/c1-19-11-10-18-16-8-4-2-6-14(16)12-15-7-3-5-9-17(15)20(18)13-19;5-3(6)1-2-4(7)8/h2-9,18H,10-13H2,1H3;1-2H,(H,5,6)(H,7,8)/b;2-1+.